The Hall–Kier alpha value is 1.21. The van der Waals surface area contributed by atoms with Gasteiger partial charge in [-0.15, -0.1) is 0 Å². The van der Waals surface area contributed by atoms with Crippen LogP contribution < -0.4 is 118 Å². The van der Waals surface area contributed by atoms with Gasteiger partial charge in [-0.25, -0.2) is 26.4 Å². The zero-order chi connectivity index (χ0) is 28.9. The van der Waals surface area contributed by atoms with Gasteiger partial charge in [0.1, 0.15) is 5.75 Å². The van der Waals surface area contributed by atoms with Crippen LogP contribution in [0.4, 0.5) is 18.0 Å². The molecule has 4 rings (SSSR count). The second-order valence-electron chi connectivity index (χ2n) is 10.7. The molecule has 4 unspecified atom stereocenters. The Morgan fingerprint density at radius 2 is 1.78 bits per heavy atom. The molecular weight excluding hydrogens is 622 g/mol. The summed E-state index contributed by atoms with van der Waals surface area (Å²) < 4.78 is 87.4. The number of fused-ring (bicyclic) bond motifs is 1. The number of ether oxygens (including phenoxy) is 3. The normalized spacial score (nSPS) is 31.9. The van der Waals surface area contributed by atoms with Crippen molar-refractivity contribution in [1.29, 1.82) is 0 Å². The van der Waals surface area contributed by atoms with E-state index in [1.165, 1.54) is 16.3 Å². The van der Waals surface area contributed by atoms with Gasteiger partial charge >= 0.3 is 109 Å². The van der Waals surface area contributed by atoms with Gasteiger partial charge in [0.15, 0.2) is 6.17 Å². The Morgan fingerprint density at radius 3 is 2.29 bits per heavy atom. The molecule has 0 N–H and O–H groups in total. The van der Waals surface area contributed by atoms with Crippen molar-refractivity contribution in [1.82, 2.24) is 9.21 Å². The van der Waals surface area contributed by atoms with E-state index in [4.69, 9.17) is 14.2 Å². The zero-order valence-electron chi connectivity index (χ0n) is 24.1. The molecule has 0 bridgehead atoms. The van der Waals surface area contributed by atoms with E-state index in [2.05, 4.69) is 0 Å². The molecular formula is C24H32BF3K2N2O8S. The van der Waals surface area contributed by atoms with Gasteiger partial charge in [-0.3, -0.25) is 4.90 Å². The largest absolute Gasteiger partial charge is 1.00 e. The third-order valence-corrected chi connectivity index (χ3v) is 9.65. The Labute approximate surface area is 324 Å². The number of amides is 1. The summed E-state index contributed by atoms with van der Waals surface area (Å²) >= 11 is 0. The van der Waals surface area contributed by atoms with Gasteiger partial charge in [0.2, 0.25) is 10.0 Å². The second-order valence-corrected chi connectivity index (χ2v) is 12.6. The number of hydrogen-bond donors (Lipinski definition) is 0. The Bertz CT molecular complexity index is 1170. The van der Waals surface area contributed by atoms with Crippen molar-refractivity contribution in [2.45, 2.75) is 74.4 Å². The van der Waals surface area contributed by atoms with E-state index in [-0.39, 0.29) is 129 Å². The number of nitrogens with zero attached hydrogens (tertiary/aromatic N) is 2. The monoisotopic (exact) mass is 654 g/mol. The maximum atomic E-state index is 15.0. The summed E-state index contributed by atoms with van der Waals surface area (Å²) in [6.45, 7) is 1.17. The topological polar surface area (TPSA) is 132 Å². The summed E-state index contributed by atoms with van der Waals surface area (Å²) in [5.41, 5.74) is 0.635. The van der Waals surface area contributed by atoms with Crippen molar-refractivity contribution in [3.8, 4) is 5.75 Å². The Balaban J connectivity index is 0.00000294. The molecule has 1 amide bonds. The molecule has 0 spiro atoms. The van der Waals surface area contributed by atoms with Gasteiger partial charge in [0, 0.05) is 18.6 Å². The van der Waals surface area contributed by atoms with Crippen molar-refractivity contribution >= 4 is 23.2 Å². The molecule has 0 radical (unpaired) electrons. The van der Waals surface area contributed by atoms with Crippen LogP contribution in [-0.2, 0) is 26.0 Å². The van der Waals surface area contributed by atoms with Crippen molar-refractivity contribution in [3.05, 3.63) is 29.8 Å². The van der Waals surface area contributed by atoms with E-state index in [9.17, 15) is 32.0 Å². The van der Waals surface area contributed by atoms with Gasteiger partial charge in [0.05, 0.1) is 39.2 Å². The fourth-order valence-electron chi connectivity index (χ4n) is 6.21. The molecule has 1 aromatic rings. The van der Waals surface area contributed by atoms with Crippen LogP contribution in [0, 0.1) is 5.92 Å². The summed E-state index contributed by atoms with van der Waals surface area (Å²) in [4.78, 5) is 14.0. The molecule has 17 heteroatoms. The number of benzene rings is 1. The Morgan fingerprint density at radius 1 is 1.17 bits per heavy atom. The molecule has 10 nitrogen and oxygen atoms in total. The first-order valence-electron chi connectivity index (χ1n) is 12.6. The van der Waals surface area contributed by atoms with Gasteiger partial charge in [0.25, 0.3) is 5.92 Å². The fourth-order valence-corrected chi connectivity index (χ4v) is 7.31. The smallest absolute Gasteiger partial charge is 0.893 e. The number of halogens is 3. The summed E-state index contributed by atoms with van der Waals surface area (Å²) in [6.07, 6.45) is -4.72. The van der Waals surface area contributed by atoms with Crippen molar-refractivity contribution in [2.24, 2.45) is 5.92 Å². The van der Waals surface area contributed by atoms with Gasteiger partial charge in [-0.05, 0) is 55.1 Å². The first-order chi connectivity index (χ1) is 18.2. The molecule has 218 valence electrons. The zero-order valence-corrected chi connectivity index (χ0v) is 31.2. The molecule has 7 atom stereocenters. The van der Waals surface area contributed by atoms with E-state index in [1.807, 2.05) is 0 Å². The maximum Gasteiger partial charge on any atom is 1.00 e. The summed E-state index contributed by atoms with van der Waals surface area (Å²) in [5.74, 6) is -4.55. The SMILES string of the molecule is COC(=O)N1[C@H](C)C[C@H](N(Cc2ccc(OC)cc2)S(C)(=O)=O)[C@@H]1COC1CC2CC2(B([O-])[O-])C(F)(F)C1F.[K+].[K+]. The van der Waals surface area contributed by atoms with Crippen molar-refractivity contribution < 1.29 is 153 Å². The van der Waals surface area contributed by atoms with E-state index in [0.29, 0.717) is 11.3 Å². The number of hydrogen-bond acceptors (Lipinski definition) is 8. The van der Waals surface area contributed by atoms with Crippen LogP contribution in [0.2, 0.25) is 5.31 Å². The number of rotatable bonds is 9. The molecule has 0 aromatic heterocycles. The average molecular weight is 655 g/mol. The fraction of sp³-hybridized carbons (Fsp3) is 0.708. The number of carbonyl (C=O) groups is 1. The molecule has 1 aromatic carbocycles. The third kappa shape index (κ3) is 7.45. The Kier molecular flexibility index (Phi) is 13.8. The first-order valence-corrected chi connectivity index (χ1v) is 14.4. The molecule has 1 saturated heterocycles. The number of carbonyl (C=O) groups excluding carboxylic acids is 1. The summed E-state index contributed by atoms with van der Waals surface area (Å²) in [6, 6.07) is 4.39. The first kappa shape index (κ1) is 38.4. The van der Waals surface area contributed by atoms with Crippen LogP contribution >= 0.6 is 0 Å². The predicted octanol–water partition coefficient (Wildman–Crippen LogP) is -5.21. The average Bonchev–Trinajstić information content (AvgIpc) is 3.54. The van der Waals surface area contributed by atoms with E-state index < -0.39 is 77.4 Å². The number of alkyl halides is 3. The van der Waals surface area contributed by atoms with Crippen LogP contribution in [0.1, 0.15) is 31.7 Å². The summed E-state index contributed by atoms with van der Waals surface area (Å²) in [5, 5.41) is 20.5. The van der Waals surface area contributed by atoms with Gasteiger partial charge < -0.3 is 24.3 Å². The summed E-state index contributed by atoms with van der Waals surface area (Å²) in [7, 11) is -4.08. The number of likely N-dealkylation sites (tertiary alicyclic amines) is 1. The van der Waals surface area contributed by atoms with E-state index >= 15 is 4.39 Å². The molecule has 3 aliphatic rings. The molecule has 41 heavy (non-hydrogen) atoms. The van der Waals surface area contributed by atoms with Crippen molar-refractivity contribution in [3.63, 3.8) is 0 Å². The second kappa shape index (κ2) is 14.7. The van der Waals surface area contributed by atoms with Crippen molar-refractivity contribution in [2.75, 3.05) is 27.1 Å². The minimum absolute atomic E-state index is 0. The van der Waals surface area contributed by atoms with E-state index in [1.54, 1.807) is 31.2 Å². The third-order valence-electron chi connectivity index (χ3n) is 8.40. The standard InChI is InChI=1S/C24H32BF3N2O8S.2K/c1-14-9-18(29(39(4,34)35)12-15-5-7-17(36-2)8-6-15)19(30(14)22(31)37-3)13-38-20-10-16-11-23(16,25(32)33)24(27,28)21(20)26;;/h5-8,14,16,18-21H,9-13H2,1-4H3;;/q-2;2*+1/t14-,16?,18+,19+,20?,21?,23?;;/m1../s1. The molecule has 1 heterocycles. The van der Waals surface area contributed by atoms with Gasteiger partial charge in [-0.1, -0.05) is 19.3 Å². The molecule has 3 fully saturated rings. The maximum absolute atomic E-state index is 15.0. The minimum Gasteiger partial charge on any atom is -0.893 e. The van der Waals surface area contributed by atoms with Crippen LogP contribution in [0.15, 0.2) is 24.3 Å². The van der Waals surface area contributed by atoms with E-state index in [0.717, 1.165) is 13.4 Å². The van der Waals surface area contributed by atoms with Gasteiger partial charge in [-0.2, -0.15) is 4.31 Å². The number of methoxy groups -OCH3 is 2. The minimum atomic E-state index is -4.16. The van der Waals surface area contributed by atoms with Crippen LogP contribution in [0.25, 0.3) is 0 Å². The van der Waals surface area contributed by atoms with Crippen LogP contribution in [0.3, 0.4) is 0 Å². The quantitative estimate of drug-likeness (QED) is 0.242. The predicted molar refractivity (Wildman–Crippen MR) is 130 cm³/mol. The van der Waals surface area contributed by atoms with Crippen LogP contribution in [-0.4, -0.2) is 94.2 Å². The molecule has 2 aliphatic carbocycles. The van der Waals surface area contributed by atoms with Crippen LogP contribution in [0.5, 0.6) is 5.75 Å². The molecule has 2 saturated carbocycles. The molecule has 1 aliphatic heterocycles. The number of sulfonamides is 1.